The molecular weight excluding hydrogens is 274 g/mol. The largest absolute Gasteiger partial charge is 0.481 e. The summed E-state index contributed by atoms with van der Waals surface area (Å²) >= 11 is 0. The summed E-state index contributed by atoms with van der Waals surface area (Å²) in [6, 6.07) is -1.02. The van der Waals surface area contributed by atoms with Crippen LogP contribution in [0.15, 0.2) is 0 Å². The van der Waals surface area contributed by atoms with Crippen molar-refractivity contribution in [1.29, 1.82) is 0 Å². The topological polar surface area (TPSA) is 98.7 Å². The Bertz CT molecular complexity index is 467. The van der Waals surface area contributed by atoms with Crippen LogP contribution in [0.3, 0.4) is 0 Å². The summed E-state index contributed by atoms with van der Waals surface area (Å²) in [6.45, 7) is 0.732. The second-order valence-corrected chi connectivity index (χ2v) is 6.33. The number of carboxylic acids is 1. The van der Waals surface area contributed by atoms with E-state index < -0.39 is 12.0 Å². The van der Waals surface area contributed by atoms with Gasteiger partial charge in [-0.3, -0.25) is 9.59 Å². The average molecular weight is 295 g/mol. The minimum Gasteiger partial charge on any atom is -0.481 e. The number of piperazine rings is 1. The highest BCUT2D eigenvalue weighted by Crippen LogP contribution is 2.44. The zero-order valence-corrected chi connectivity index (χ0v) is 11.9. The Morgan fingerprint density at radius 3 is 2.76 bits per heavy atom. The number of rotatable bonds is 3. The number of carboxylic acid groups (broad SMARTS) is 1. The van der Waals surface area contributed by atoms with Crippen LogP contribution < -0.4 is 10.6 Å². The van der Waals surface area contributed by atoms with Crippen molar-refractivity contribution in [3.63, 3.8) is 0 Å². The molecule has 1 saturated heterocycles. The maximum Gasteiger partial charge on any atom is 0.318 e. The third kappa shape index (κ3) is 2.82. The van der Waals surface area contributed by atoms with E-state index in [9.17, 15) is 14.4 Å². The summed E-state index contributed by atoms with van der Waals surface area (Å²) in [5.74, 6) is -0.184. The van der Waals surface area contributed by atoms with Gasteiger partial charge in [0.15, 0.2) is 0 Å². The van der Waals surface area contributed by atoms with Gasteiger partial charge in [-0.15, -0.1) is 0 Å². The molecule has 116 valence electrons. The molecule has 7 nitrogen and oxygen atoms in total. The zero-order valence-electron chi connectivity index (χ0n) is 11.9. The van der Waals surface area contributed by atoms with Crippen molar-refractivity contribution in [1.82, 2.24) is 15.5 Å². The van der Waals surface area contributed by atoms with Gasteiger partial charge in [0, 0.05) is 19.1 Å². The fourth-order valence-corrected chi connectivity index (χ4v) is 3.99. The Hall–Kier alpha value is -1.79. The number of carbonyl (C=O) groups excluding carboxylic acids is 2. The number of hydrogen-bond donors (Lipinski definition) is 3. The van der Waals surface area contributed by atoms with Crippen LogP contribution in [0.2, 0.25) is 0 Å². The van der Waals surface area contributed by atoms with E-state index in [-0.39, 0.29) is 24.4 Å². The summed E-state index contributed by atoms with van der Waals surface area (Å²) in [6.07, 6.45) is 4.26. The van der Waals surface area contributed by atoms with Crippen molar-refractivity contribution in [3.05, 3.63) is 0 Å². The first-order chi connectivity index (χ1) is 10.0. The van der Waals surface area contributed by atoms with Gasteiger partial charge in [0.1, 0.15) is 6.04 Å². The molecule has 2 aliphatic carbocycles. The number of carbonyl (C=O) groups is 3. The Morgan fingerprint density at radius 2 is 2.14 bits per heavy atom. The van der Waals surface area contributed by atoms with Crippen molar-refractivity contribution in [2.45, 2.75) is 44.2 Å². The number of urea groups is 1. The first-order valence-electron chi connectivity index (χ1n) is 7.61. The average Bonchev–Trinajstić information content (AvgIpc) is 3.02. The number of amides is 3. The van der Waals surface area contributed by atoms with Crippen LogP contribution in [0.4, 0.5) is 4.79 Å². The molecule has 1 heterocycles. The minimum absolute atomic E-state index is 0.187. The van der Waals surface area contributed by atoms with Crippen molar-refractivity contribution in [3.8, 4) is 0 Å². The van der Waals surface area contributed by atoms with E-state index in [0.717, 1.165) is 18.8 Å². The molecule has 21 heavy (non-hydrogen) atoms. The maximum atomic E-state index is 12.4. The van der Waals surface area contributed by atoms with Gasteiger partial charge in [-0.2, -0.15) is 0 Å². The molecule has 4 atom stereocenters. The highest BCUT2D eigenvalue weighted by Gasteiger charge is 2.42. The number of nitrogens with one attached hydrogen (secondary N) is 2. The fourth-order valence-electron chi connectivity index (χ4n) is 3.99. The van der Waals surface area contributed by atoms with Gasteiger partial charge in [-0.1, -0.05) is 6.42 Å². The van der Waals surface area contributed by atoms with E-state index in [1.165, 1.54) is 17.7 Å². The molecule has 3 aliphatic rings. The molecule has 3 N–H and O–H groups in total. The first-order valence-corrected chi connectivity index (χ1v) is 7.61. The van der Waals surface area contributed by atoms with E-state index >= 15 is 0 Å². The summed E-state index contributed by atoms with van der Waals surface area (Å²) in [5.41, 5.74) is 0. The minimum atomic E-state index is -1.07. The van der Waals surface area contributed by atoms with Gasteiger partial charge in [-0.05, 0) is 31.1 Å². The lowest BCUT2D eigenvalue weighted by atomic mass is 9.95. The van der Waals surface area contributed by atoms with Crippen molar-refractivity contribution < 1.29 is 19.5 Å². The number of aliphatic carboxylic acids is 1. The smallest absolute Gasteiger partial charge is 0.318 e. The summed E-state index contributed by atoms with van der Waals surface area (Å²) < 4.78 is 0. The highest BCUT2D eigenvalue weighted by molar-refractivity contribution is 5.91. The van der Waals surface area contributed by atoms with E-state index in [0.29, 0.717) is 19.0 Å². The lowest BCUT2D eigenvalue weighted by Crippen LogP contribution is -2.61. The van der Waals surface area contributed by atoms with Crippen LogP contribution >= 0.6 is 0 Å². The Labute approximate surface area is 123 Å². The van der Waals surface area contributed by atoms with E-state index in [1.54, 1.807) is 0 Å². The van der Waals surface area contributed by atoms with E-state index in [2.05, 4.69) is 10.6 Å². The van der Waals surface area contributed by atoms with Gasteiger partial charge in [0.25, 0.3) is 0 Å². The molecule has 4 unspecified atom stereocenters. The lowest BCUT2D eigenvalue weighted by molar-refractivity contribution is -0.142. The quantitative estimate of drug-likeness (QED) is 0.690. The second-order valence-electron chi connectivity index (χ2n) is 6.33. The summed E-state index contributed by atoms with van der Waals surface area (Å²) in [7, 11) is 0. The van der Waals surface area contributed by atoms with E-state index in [4.69, 9.17) is 5.11 Å². The molecule has 1 aliphatic heterocycles. The maximum absolute atomic E-state index is 12.4. The Balaban J connectivity index is 1.64. The summed E-state index contributed by atoms with van der Waals surface area (Å²) in [5, 5.41) is 14.6. The molecule has 0 aromatic carbocycles. The molecule has 2 bridgehead atoms. The van der Waals surface area contributed by atoms with Gasteiger partial charge < -0.3 is 20.6 Å². The Morgan fingerprint density at radius 1 is 1.33 bits per heavy atom. The third-order valence-electron chi connectivity index (χ3n) is 5.01. The van der Waals surface area contributed by atoms with Crippen LogP contribution in [0, 0.1) is 11.8 Å². The molecule has 7 heteroatoms. The second kappa shape index (κ2) is 5.54. The molecule has 3 rings (SSSR count). The molecule has 3 fully saturated rings. The number of fused-ring (bicyclic) bond motifs is 2. The first kappa shape index (κ1) is 14.2. The molecule has 3 amide bonds. The van der Waals surface area contributed by atoms with Crippen LogP contribution in [-0.4, -0.2) is 53.1 Å². The summed E-state index contributed by atoms with van der Waals surface area (Å²) in [4.78, 5) is 36.5. The lowest BCUT2D eigenvalue weighted by Gasteiger charge is -2.36. The number of nitrogens with zero attached hydrogens (tertiary/aromatic N) is 1. The molecule has 0 aromatic heterocycles. The van der Waals surface area contributed by atoms with Crippen LogP contribution in [0.25, 0.3) is 0 Å². The van der Waals surface area contributed by atoms with Crippen molar-refractivity contribution in [2.75, 3.05) is 13.1 Å². The molecule has 0 radical (unpaired) electrons. The predicted molar refractivity (Wildman–Crippen MR) is 73.5 cm³/mol. The van der Waals surface area contributed by atoms with Crippen molar-refractivity contribution in [2.24, 2.45) is 11.8 Å². The van der Waals surface area contributed by atoms with Crippen molar-refractivity contribution >= 4 is 17.9 Å². The van der Waals surface area contributed by atoms with Gasteiger partial charge in [-0.25, -0.2) is 4.79 Å². The van der Waals surface area contributed by atoms with Gasteiger partial charge in [0.2, 0.25) is 5.91 Å². The molecule has 0 spiro atoms. The zero-order chi connectivity index (χ0) is 15.0. The molecular formula is C14H21N3O4. The standard InChI is InChI=1S/C14H21N3O4/c18-12(19)7-11-13(20)15-3-4-17(11)14(21)16-10-6-8-1-2-9(10)5-8/h8-11H,1-7H2,(H,15,20)(H,16,21)(H,18,19). The van der Waals surface area contributed by atoms with Crippen LogP contribution in [0.1, 0.15) is 32.1 Å². The normalized spacial score (nSPS) is 34.7. The Kier molecular flexibility index (Phi) is 3.73. The SMILES string of the molecule is O=C(O)CC1C(=O)NCCN1C(=O)NC1CC2CCC1C2. The fraction of sp³-hybridized carbons (Fsp3) is 0.786. The highest BCUT2D eigenvalue weighted by atomic mass is 16.4. The molecule has 2 saturated carbocycles. The van der Waals surface area contributed by atoms with Gasteiger partial charge >= 0.3 is 12.0 Å². The predicted octanol–water partition coefficient (Wildman–Crippen LogP) is 0.160. The third-order valence-corrected chi connectivity index (χ3v) is 5.01. The van der Waals surface area contributed by atoms with E-state index in [1.807, 2.05) is 0 Å². The monoisotopic (exact) mass is 295 g/mol. The van der Waals surface area contributed by atoms with Crippen LogP contribution in [0.5, 0.6) is 0 Å². The molecule has 0 aromatic rings. The van der Waals surface area contributed by atoms with Gasteiger partial charge in [0.05, 0.1) is 6.42 Å². The number of hydrogen-bond acceptors (Lipinski definition) is 3. The van der Waals surface area contributed by atoms with Crippen LogP contribution in [-0.2, 0) is 9.59 Å².